The third-order valence-corrected chi connectivity index (χ3v) is 2.78. The summed E-state index contributed by atoms with van der Waals surface area (Å²) < 4.78 is 5.70. The van der Waals surface area contributed by atoms with Crippen LogP contribution < -0.4 is 4.74 Å². The molecule has 0 saturated carbocycles. The summed E-state index contributed by atoms with van der Waals surface area (Å²) in [6.45, 7) is 4.15. The molecule has 0 aliphatic rings. The summed E-state index contributed by atoms with van der Waals surface area (Å²) in [4.78, 5) is 0. The van der Waals surface area contributed by atoms with Crippen molar-refractivity contribution in [3.8, 4) is 11.5 Å². The van der Waals surface area contributed by atoms with Crippen LogP contribution in [0.1, 0.15) is 25.3 Å². The number of hydrogen-bond acceptors (Lipinski definition) is 2. The summed E-state index contributed by atoms with van der Waals surface area (Å²) in [6.07, 6.45) is 0. The molecule has 13 heavy (non-hydrogen) atoms. The predicted molar refractivity (Wildman–Crippen MR) is 56.4 cm³/mol. The van der Waals surface area contributed by atoms with E-state index in [1.807, 2.05) is 6.07 Å². The average molecular weight is 245 g/mol. The summed E-state index contributed by atoms with van der Waals surface area (Å²) in [5, 5.41) is 9.66. The number of phenolic OH excluding ortho intramolecular Hbond substituents is 1. The van der Waals surface area contributed by atoms with E-state index in [9.17, 15) is 5.11 Å². The Kier molecular flexibility index (Phi) is 3.20. The molecule has 2 nitrogen and oxygen atoms in total. The van der Waals surface area contributed by atoms with Crippen LogP contribution in [0.2, 0.25) is 0 Å². The van der Waals surface area contributed by atoms with Crippen molar-refractivity contribution < 1.29 is 9.84 Å². The van der Waals surface area contributed by atoms with E-state index in [1.54, 1.807) is 6.07 Å². The molecule has 0 fully saturated rings. The van der Waals surface area contributed by atoms with E-state index in [1.165, 1.54) is 7.11 Å². The number of hydrogen-bond donors (Lipinski definition) is 1. The highest BCUT2D eigenvalue weighted by molar-refractivity contribution is 9.10. The first kappa shape index (κ1) is 10.4. The maximum absolute atomic E-state index is 9.66. The second-order valence-corrected chi connectivity index (χ2v) is 3.97. The molecule has 0 aliphatic heterocycles. The monoisotopic (exact) mass is 244 g/mol. The van der Waals surface area contributed by atoms with E-state index in [0.717, 1.165) is 10.0 Å². The van der Waals surface area contributed by atoms with Crippen LogP contribution in [0.5, 0.6) is 11.5 Å². The zero-order valence-electron chi connectivity index (χ0n) is 7.97. The summed E-state index contributed by atoms with van der Waals surface area (Å²) >= 11 is 3.34. The minimum atomic E-state index is 0.175. The highest BCUT2D eigenvalue weighted by Crippen LogP contribution is 2.39. The second kappa shape index (κ2) is 4.01. The Labute approximate surface area is 86.7 Å². The van der Waals surface area contributed by atoms with Gasteiger partial charge in [-0.1, -0.05) is 19.9 Å². The van der Waals surface area contributed by atoms with Gasteiger partial charge in [0.25, 0.3) is 0 Å². The average Bonchev–Trinajstić information content (AvgIpc) is 2.09. The third kappa shape index (κ3) is 1.97. The van der Waals surface area contributed by atoms with Gasteiger partial charge in [0.05, 0.1) is 11.6 Å². The lowest BCUT2D eigenvalue weighted by atomic mass is 10.0. The molecule has 1 N–H and O–H groups in total. The Hall–Kier alpha value is -0.700. The molecule has 0 unspecified atom stereocenters. The van der Waals surface area contributed by atoms with Crippen LogP contribution in [0.3, 0.4) is 0 Å². The lowest BCUT2D eigenvalue weighted by Crippen LogP contribution is -1.91. The Morgan fingerprint density at radius 3 is 2.46 bits per heavy atom. The molecule has 0 amide bonds. The Morgan fingerprint density at radius 2 is 2.00 bits per heavy atom. The number of ether oxygens (including phenoxy) is 1. The Balaban J connectivity index is 3.23. The fourth-order valence-corrected chi connectivity index (χ4v) is 1.96. The minimum absolute atomic E-state index is 0.175. The Morgan fingerprint density at radius 1 is 1.38 bits per heavy atom. The predicted octanol–water partition coefficient (Wildman–Crippen LogP) is 3.29. The van der Waals surface area contributed by atoms with Crippen LogP contribution in [0.15, 0.2) is 16.6 Å². The molecule has 1 rings (SSSR count). The van der Waals surface area contributed by atoms with Crippen molar-refractivity contribution in [2.45, 2.75) is 19.8 Å². The smallest absolute Gasteiger partial charge is 0.172 e. The molecule has 0 heterocycles. The first-order valence-corrected chi connectivity index (χ1v) is 4.92. The van der Waals surface area contributed by atoms with Crippen molar-refractivity contribution in [3.05, 3.63) is 22.2 Å². The van der Waals surface area contributed by atoms with E-state index in [2.05, 4.69) is 29.8 Å². The van der Waals surface area contributed by atoms with E-state index >= 15 is 0 Å². The summed E-state index contributed by atoms with van der Waals surface area (Å²) in [5.74, 6) is 1.05. The molecule has 72 valence electrons. The van der Waals surface area contributed by atoms with Crippen LogP contribution in [0, 0.1) is 0 Å². The largest absolute Gasteiger partial charge is 0.503 e. The van der Waals surface area contributed by atoms with E-state index in [4.69, 9.17) is 4.74 Å². The van der Waals surface area contributed by atoms with Crippen molar-refractivity contribution in [2.75, 3.05) is 7.11 Å². The Bertz CT molecular complexity index is 308. The van der Waals surface area contributed by atoms with Gasteiger partial charge >= 0.3 is 0 Å². The normalized spacial score (nSPS) is 10.5. The molecule has 3 heteroatoms. The minimum Gasteiger partial charge on any atom is -0.503 e. The zero-order chi connectivity index (χ0) is 10.0. The van der Waals surface area contributed by atoms with Gasteiger partial charge in [-0.3, -0.25) is 0 Å². The molecule has 0 aromatic heterocycles. The summed E-state index contributed by atoms with van der Waals surface area (Å²) in [5.41, 5.74) is 1.08. The topological polar surface area (TPSA) is 29.5 Å². The molecule has 0 spiro atoms. The molecule has 0 atom stereocenters. The van der Waals surface area contributed by atoms with Crippen molar-refractivity contribution in [1.82, 2.24) is 0 Å². The molecule has 1 aromatic carbocycles. The first-order valence-electron chi connectivity index (χ1n) is 4.13. The van der Waals surface area contributed by atoms with Crippen molar-refractivity contribution in [1.29, 1.82) is 0 Å². The fourth-order valence-electron chi connectivity index (χ4n) is 1.17. The van der Waals surface area contributed by atoms with Crippen molar-refractivity contribution >= 4 is 15.9 Å². The highest BCUT2D eigenvalue weighted by Gasteiger charge is 2.12. The molecular formula is C10H13BrO2. The van der Waals surface area contributed by atoms with E-state index in [-0.39, 0.29) is 5.75 Å². The molecule has 0 saturated heterocycles. The lowest BCUT2D eigenvalue weighted by molar-refractivity contribution is 0.371. The molecular weight excluding hydrogens is 232 g/mol. The van der Waals surface area contributed by atoms with Gasteiger partial charge in [-0.2, -0.15) is 0 Å². The molecule has 0 radical (unpaired) electrons. The lowest BCUT2D eigenvalue weighted by Gasteiger charge is -2.12. The summed E-state index contributed by atoms with van der Waals surface area (Å²) in [6, 6.07) is 3.72. The highest BCUT2D eigenvalue weighted by atomic mass is 79.9. The zero-order valence-corrected chi connectivity index (χ0v) is 9.55. The van der Waals surface area contributed by atoms with Gasteiger partial charge in [0.2, 0.25) is 0 Å². The van der Waals surface area contributed by atoms with Gasteiger partial charge in [0, 0.05) is 0 Å². The number of methoxy groups -OCH3 is 1. The molecule has 0 bridgehead atoms. The number of aromatic hydroxyl groups is 1. The maximum atomic E-state index is 9.66. The van der Waals surface area contributed by atoms with Crippen LogP contribution in [-0.4, -0.2) is 12.2 Å². The first-order chi connectivity index (χ1) is 6.07. The standard InChI is InChI=1S/C10H13BrO2/c1-6(2)7-4-5-8(13-3)10(12)9(7)11/h4-6,12H,1-3H3. The van der Waals surface area contributed by atoms with Gasteiger partial charge < -0.3 is 9.84 Å². The number of phenols is 1. The maximum Gasteiger partial charge on any atom is 0.172 e. The van der Waals surface area contributed by atoms with Crippen LogP contribution in [-0.2, 0) is 0 Å². The van der Waals surface area contributed by atoms with Gasteiger partial charge in [-0.15, -0.1) is 0 Å². The fraction of sp³-hybridized carbons (Fsp3) is 0.400. The van der Waals surface area contributed by atoms with Crippen LogP contribution in [0.25, 0.3) is 0 Å². The van der Waals surface area contributed by atoms with E-state index in [0.29, 0.717) is 11.7 Å². The van der Waals surface area contributed by atoms with Crippen molar-refractivity contribution in [2.24, 2.45) is 0 Å². The number of halogens is 1. The van der Waals surface area contributed by atoms with Crippen LogP contribution >= 0.6 is 15.9 Å². The third-order valence-electron chi connectivity index (χ3n) is 1.95. The molecule has 0 aliphatic carbocycles. The SMILES string of the molecule is COc1ccc(C(C)C)c(Br)c1O. The molecule has 1 aromatic rings. The number of benzene rings is 1. The second-order valence-electron chi connectivity index (χ2n) is 3.17. The van der Waals surface area contributed by atoms with Gasteiger partial charge in [-0.25, -0.2) is 0 Å². The van der Waals surface area contributed by atoms with Gasteiger partial charge in [0.15, 0.2) is 11.5 Å². The van der Waals surface area contributed by atoms with Crippen molar-refractivity contribution in [3.63, 3.8) is 0 Å². The van der Waals surface area contributed by atoms with E-state index < -0.39 is 0 Å². The quantitative estimate of drug-likeness (QED) is 0.866. The summed E-state index contributed by atoms with van der Waals surface area (Å²) in [7, 11) is 1.54. The number of rotatable bonds is 2. The van der Waals surface area contributed by atoms with Crippen LogP contribution in [0.4, 0.5) is 0 Å². The van der Waals surface area contributed by atoms with Gasteiger partial charge in [-0.05, 0) is 33.5 Å². The van der Waals surface area contributed by atoms with Gasteiger partial charge in [0.1, 0.15) is 0 Å².